The SMILES string of the molecule is CCNC(=NCc1ccccc1CS(=O)(=O)NC(C)C)NCC(C)N1CCOCC1. The van der Waals surface area contributed by atoms with Gasteiger partial charge in [-0.15, -0.1) is 0 Å². The number of ether oxygens (including phenoxy) is 1. The highest BCUT2D eigenvalue weighted by atomic mass is 32.2. The van der Waals surface area contributed by atoms with E-state index in [1.165, 1.54) is 0 Å². The Labute approximate surface area is 181 Å². The summed E-state index contributed by atoms with van der Waals surface area (Å²) in [5, 5.41) is 6.68. The minimum Gasteiger partial charge on any atom is -0.379 e. The van der Waals surface area contributed by atoms with E-state index in [4.69, 9.17) is 4.74 Å². The molecule has 1 aromatic rings. The fourth-order valence-corrected chi connectivity index (χ4v) is 4.85. The number of nitrogens with one attached hydrogen (secondary N) is 3. The Hall–Kier alpha value is -1.68. The molecule has 1 aliphatic heterocycles. The van der Waals surface area contributed by atoms with E-state index in [2.05, 4.69) is 32.2 Å². The van der Waals surface area contributed by atoms with Crippen molar-refractivity contribution in [3.63, 3.8) is 0 Å². The lowest BCUT2D eigenvalue weighted by Gasteiger charge is -2.32. The van der Waals surface area contributed by atoms with Crippen LogP contribution in [0.5, 0.6) is 0 Å². The van der Waals surface area contributed by atoms with Gasteiger partial charge in [-0.2, -0.15) is 0 Å². The molecule has 1 heterocycles. The van der Waals surface area contributed by atoms with Crippen LogP contribution in [-0.4, -0.2) is 70.8 Å². The van der Waals surface area contributed by atoms with Crippen LogP contribution in [-0.2, 0) is 27.1 Å². The van der Waals surface area contributed by atoms with Crippen molar-refractivity contribution in [1.29, 1.82) is 0 Å². The van der Waals surface area contributed by atoms with E-state index in [0.29, 0.717) is 12.6 Å². The van der Waals surface area contributed by atoms with E-state index in [0.717, 1.165) is 56.5 Å². The zero-order valence-electron chi connectivity index (χ0n) is 18.6. The van der Waals surface area contributed by atoms with Crippen molar-refractivity contribution in [3.05, 3.63) is 35.4 Å². The van der Waals surface area contributed by atoms with Gasteiger partial charge in [0.25, 0.3) is 0 Å². The van der Waals surface area contributed by atoms with Crippen LogP contribution in [0.1, 0.15) is 38.8 Å². The number of rotatable bonds is 10. The topological polar surface area (TPSA) is 95.1 Å². The summed E-state index contributed by atoms with van der Waals surface area (Å²) in [6.45, 7) is 13.3. The first-order valence-corrected chi connectivity index (χ1v) is 12.4. The second-order valence-electron chi connectivity index (χ2n) is 7.87. The van der Waals surface area contributed by atoms with Gasteiger partial charge in [0.1, 0.15) is 0 Å². The molecule has 0 radical (unpaired) electrons. The average molecular weight is 440 g/mol. The molecule has 0 amide bonds. The first-order chi connectivity index (χ1) is 14.3. The van der Waals surface area contributed by atoms with Gasteiger partial charge >= 0.3 is 0 Å². The second-order valence-corrected chi connectivity index (χ2v) is 9.63. The van der Waals surface area contributed by atoms with Gasteiger partial charge < -0.3 is 15.4 Å². The molecule has 3 N–H and O–H groups in total. The highest BCUT2D eigenvalue weighted by Gasteiger charge is 2.17. The van der Waals surface area contributed by atoms with E-state index in [-0.39, 0.29) is 11.8 Å². The zero-order chi connectivity index (χ0) is 22.0. The second kappa shape index (κ2) is 12.2. The highest BCUT2D eigenvalue weighted by molar-refractivity contribution is 7.88. The summed E-state index contributed by atoms with van der Waals surface area (Å²) in [7, 11) is -3.38. The van der Waals surface area contributed by atoms with E-state index in [9.17, 15) is 8.42 Å². The third-order valence-electron chi connectivity index (χ3n) is 4.86. The van der Waals surface area contributed by atoms with Crippen molar-refractivity contribution < 1.29 is 13.2 Å². The Morgan fingerprint density at radius 2 is 1.80 bits per heavy atom. The minimum absolute atomic E-state index is 0.0467. The largest absolute Gasteiger partial charge is 0.379 e. The molecule has 0 aromatic heterocycles. The van der Waals surface area contributed by atoms with Crippen molar-refractivity contribution >= 4 is 16.0 Å². The molecule has 2 rings (SSSR count). The summed E-state index contributed by atoms with van der Waals surface area (Å²) in [5.74, 6) is 0.685. The molecule has 8 nitrogen and oxygen atoms in total. The van der Waals surface area contributed by atoms with Crippen molar-refractivity contribution in [2.24, 2.45) is 4.99 Å². The summed E-state index contributed by atoms with van der Waals surface area (Å²) >= 11 is 0. The molecule has 1 aliphatic rings. The predicted molar refractivity (Wildman–Crippen MR) is 122 cm³/mol. The van der Waals surface area contributed by atoms with Crippen molar-refractivity contribution in [2.75, 3.05) is 39.4 Å². The standard InChI is InChI=1S/C21H37N5O3S/c1-5-22-21(23-14-18(4)26-10-12-29-13-11-26)24-15-19-8-6-7-9-20(19)16-30(27,28)25-17(2)3/h6-9,17-18,25H,5,10-16H2,1-4H3,(H2,22,23,24). The van der Waals surface area contributed by atoms with Gasteiger partial charge in [0.2, 0.25) is 10.0 Å². The van der Waals surface area contributed by atoms with Crippen molar-refractivity contribution in [2.45, 2.75) is 52.1 Å². The van der Waals surface area contributed by atoms with Crippen molar-refractivity contribution in [1.82, 2.24) is 20.3 Å². The van der Waals surface area contributed by atoms with Crippen LogP contribution in [0.3, 0.4) is 0 Å². The first kappa shape index (κ1) is 24.6. The van der Waals surface area contributed by atoms with E-state index in [1.54, 1.807) is 0 Å². The highest BCUT2D eigenvalue weighted by Crippen LogP contribution is 2.14. The monoisotopic (exact) mass is 439 g/mol. The third-order valence-corrected chi connectivity index (χ3v) is 6.39. The molecular weight excluding hydrogens is 402 g/mol. The van der Waals surface area contributed by atoms with Crippen LogP contribution < -0.4 is 15.4 Å². The van der Waals surface area contributed by atoms with Crippen LogP contribution in [0, 0.1) is 0 Å². The lowest BCUT2D eigenvalue weighted by atomic mass is 10.1. The number of hydrogen-bond acceptors (Lipinski definition) is 5. The number of hydrogen-bond donors (Lipinski definition) is 3. The fraction of sp³-hybridized carbons (Fsp3) is 0.667. The third kappa shape index (κ3) is 8.59. The Bertz CT molecular complexity index is 777. The van der Waals surface area contributed by atoms with Crippen LogP contribution in [0.4, 0.5) is 0 Å². The number of morpholine rings is 1. The molecule has 0 spiro atoms. The van der Waals surface area contributed by atoms with Gasteiger partial charge in [0, 0.05) is 38.3 Å². The fourth-order valence-electron chi connectivity index (χ4n) is 3.36. The summed E-state index contributed by atoms with van der Waals surface area (Å²) in [4.78, 5) is 7.09. The van der Waals surface area contributed by atoms with Gasteiger partial charge in [0.05, 0.1) is 25.5 Å². The minimum atomic E-state index is -3.38. The van der Waals surface area contributed by atoms with Crippen LogP contribution >= 0.6 is 0 Å². The molecule has 1 saturated heterocycles. The normalized spacial score (nSPS) is 17.2. The van der Waals surface area contributed by atoms with E-state index < -0.39 is 10.0 Å². The molecule has 30 heavy (non-hydrogen) atoms. The van der Waals surface area contributed by atoms with Crippen molar-refractivity contribution in [3.8, 4) is 0 Å². The number of guanidine groups is 1. The Morgan fingerprint density at radius 3 is 2.43 bits per heavy atom. The molecule has 1 unspecified atom stereocenters. The summed E-state index contributed by atoms with van der Waals surface area (Å²) in [5.41, 5.74) is 1.68. The Kier molecular flexibility index (Phi) is 10.0. The molecule has 0 bridgehead atoms. The van der Waals surface area contributed by atoms with Crippen LogP contribution in [0.2, 0.25) is 0 Å². The molecule has 170 valence electrons. The van der Waals surface area contributed by atoms with Crippen LogP contribution in [0.25, 0.3) is 0 Å². The maximum Gasteiger partial charge on any atom is 0.216 e. The predicted octanol–water partition coefficient (Wildman–Crippen LogP) is 1.29. The smallest absolute Gasteiger partial charge is 0.216 e. The van der Waals surface area contributed by atoms with Gasteiger partial charge in [0.15, 0.2) is 5.96 Å². The first-order valence-electron chi connectivity index (χ1n) is 10.7. The molecule has 0 saturated carbocycles. The van der Waals surface area contributed by atoms with Gasteiger partial charge in [-0.3, -0.25) is 4.90 Å². The molecule has 0 aliphatic carbocycles. The summed E-state index contributed by atoms with van der Waals surface area (Å²) < 4.78 is 32.8. The van der Waals surface area contributed by atoms with Gasteiger partial charge in [-0.25, -0.2) is 18.1 Å². The Morgan fingerprint density at radius 1 is 1.13 bits per heavy atom. The van der Waals surface area contributed by atoms with Gasteiger partial charge in [-0.1, -0.05) is 24.3 Å². The zero-order valence-corrected chi connectivity index (χ0v) is 19.5. The number of aliphatic imine (C=N–C) groups is 1. The average Bonchev–Trinajstić information content (AvgIpc) is 2.70. The molecular formula is C21H37N5O3S. The lowest BCUT2D eigenvalue weighted by molar-refractivity contribution is 0.0211. The molecule has 9 heteroatoms. The van der Waals surface area contributed by atoms with Gasteiger partial charge in [-0.05, 0) is 38.8 Å². The quantitative estimate of drug-likeness (QED) is 0.376. The number of nitrogens with zero attached hydrogens (tertiary/aromatic N) is 2. The lowest BCUT2D eigenvalue weighted by Crippen LogP contribution is -2.49. The van der Waals surface area contributed by atoms with E-state index in [1.807, 2.05) is 45.0 Å². The molecule has 1 fully saturated rings. The van der Waals surface area contributed by atoms with E-state index >= 15 is 0 Å². The number of benzene rings is 1. The van der Waals surface area contributed by atoms with Crippen LogP contribution in [0.15, 0.2) is 29.3 Å². The summed E-state index contributed by atoms with van der Waals surface area (Å²) in [6, 6.07) is 7.81. The number of sulfonamides is 1. The molecule has 1 atom stereocenters. The maximum absolute atomic E-state index is 12.3. The Balaban J connectivity index is 2.01. The summed E-state index contributed by atoms with van der Waals surface area (Å²) in [6.07, 6.45) is 0. The molecule has 1 aromatic carbocycles. The maximum atomic E-state index is 12.3.